The maximum absolute atomic E-state index is 4.01. The van der Waals surface area contributed by atoms with Crippen molar-refractivity contribution >= 4 is 23.5 Å². The molecular formula is C16H25S2. The summed E-state index contributed by atoms with van der Waals surface area (Å²) in [6, 6.07) is 6.95. The summed E-state index contributed by atoms with van der Waals surface area (Å²) >= 11 is 3.97. The van der Waals surface area contributed by atoms with Crippen molar-refractivity contribution in [3.63, 3.8) is 0 Å². The van der Waals surface area contributed by atoms with Gasteiger partial charge in [-0.15, -0.1) is 23.5 Å². The number of hydrogen-bond acceptors (Lipinski definition) is 2. The van der Waals surface area contributed by atoms with Crippen LogP contribution in [0.5, 0.6) is 0 Å². The fourth-order valence-corrected chi connectivity index (χ4v) is 3.91. The second-order valence-electron chi connectivity index (χ2n) is 4.47. The van der Waals surface area contributed by atoms with Gasteiger partial charge in [-0.2, -0.15) is 0 Å². The Balaban J connectivity index is 2.62. The first-order valence-corrected chi connectivity index (χ1v) is 8.96. The third-order valence-electron chi connectivity index (χ3n) is 2.76. The molecule has 1 aromatic carbocycles. The lowest BCUT2D eigenvalue weighted by molar-refractivity contribution is 0.895. The number of rotatable bonds is 9. The molecule has 0 amide bonds. The molecule has 0 fully saturated rings. The van der Waals surface area contributed by atoms with Crippen LogP contribution in [0.15, 0.2) is 28.0 Å². The Morgan fingerprint density at radius 2 is 1.39 bits per heavy atom. The van der Waals surface area contributed by atoms with Crippen molar-refractivity contribution in [1.29, 1.82) is 0 Å². The molecule has 0 saturated carbocycles. The van der Waals surface area contributed by atoms with Crippen LogP contribution < -0.4 is 0 Å². The average Bonchev–Trinajstić information content (AvgIpc) is 2.39. The lowest BCUT2D eigenvalue weighted by Crippen LogP contribution is -1.87. The minimum atomic E-state index is 0.892. The van der Waals surface area contributed by atoms with Gasteiger partial charge in [0.15, 0.2) is 0 Å². The maximum Gasteiger partial charge on any atom is 0.00858 e. The predicted molar refractivity (Wildman–Crippen MR) is 86.8 cm³/mol. The van der Waals surface area contributed by atoms with E-state index in [1.807, 2.05) is 23.5 Å². The summed E-state index contributed by atoms with van der Waals surface area (Å²) in [5.74, 6) is 2.46. The van der Waals surface area contributed by atoms with Crippen molar-refractivity contribution in [3.05, 3.63) is 30.7 Å². The fourth-order valence-electron chi connectivity index (χ4n) is 1.61. The number of benzene rings is 1. The quantitative estimate of drug-likeness (QED) is 0.411. The summed E-state index contributed by atoms with van der Waals surface area (Å²) in [4.78, 5) is 2.84. The van der Waals surface area contributed by atoms with E-state index in [-0.39, 0.29) is 0 Å². The highest BCUT2D eigenvalue weighted by molar-refractivity contribution is 8.00. The standard InChI is InChI=1S/C16H25S2/c1-4-7-9-17-15-11-14(6-3)12-16(13-15)18-10-8-5-2/h11-13H,3-10H2,1-2H3. The minimum absolute atomic E-state index is 0.892. The van der Waals surface area contributed by atoms with E-state index in [4.69, 9.17) is 0 Å². The molecule has 0 atom stereocenters. The van der Waals surface area contributed by atoms with E-state index in [1.54, 1.807) is 0 Å². The van der Waals surface area contributed by atoms with E-state index >= 15 is 0 Å². The van der Waals surface area contributed by atoms with Crippen molar-refractivity contribution < 1.29 is 0 Å². The van der Waals surface area contributed by atoms with Gasteiger partial charge < -0.3 is 0 Å². The van der Waals surface area contributed by atoms with Crippen LogP contribution in [0.4, 0.5) is 0 Å². The van der Waals surface area contributed by atoms with E-state index in [0.717, 1.165) is 6.42 Å². The average molecular weight is 282 g/mol. The molecule has 0 aromatic heterocycles. The second-order valence-corrected chi connectivity index (χ2v) is 6.80. The summed E-state index contributed by atoms with van der Waals surface area (Å²) < 4.78 is 0. The van der Waals surface area contributed by atoms with Gasteiger partial charge in [-0.1, -0.05) is 26.7 Å². The SMILES string of the molecule is [CH2]Cc1cc(SCCCC)cc(SCCCC)c1. The predicted octanol–water partition coefficient (Wildman–Crippen LogP) is 5.85. The summed E-state index contributed by atoms with van der Waals surface area (Å²) in [6.07, 6.45) is 6.05. The Labute approximate surface area is 121 Å². The van der Waals surface area contributed by atoms with E-state index in [0.29, 0.717) is 0 Å². The Kier molecular flexibility index (Phi) is 8.70. The van der Waals surface area contributed by atoms with E-state index < -0.39 is 0 Å². The van der Waals surface area contributed by atoms with E-state index in [9.17, 15) is 0 Å². The van der Waals surface area contributed by atoms with Crippen LogP contribution in [0.2, 0.25) is 0 Å². The van der Waals surface area contributed by atoms with Gasteiger partial charge in [0.05, 0.1) is 0 Å². The van der Waals surface area contributed by atoms with Gasteiger partial charge in [0.1, 0.15) is 0 Å². The topological polar surface area (TPSA) is 0 Å². The van der Waals surface area contributed by atoms with Crippen LogP contribution in [0.25, 0.3) is 0 Å². The summed E-state index contributed by atoms with van der Waals surface area (Å²) in [6.45, 7) is 8.51. The Morgan fingerprint density at radius 3 is 1.78 bits per heavy atom. The molecule has 0 unspecified atom stereocenters. The highest BCUT2D eigenvalue weighted by Gasteiger charge is 2.02. The maximum atomic E-state index is 4.01. The zero-order chi connectivity index (χ0) is 13.2. The fraction of sp³-hybridized carbons (Fsp3) is 0.562. The normalized spacial score (nSPS) is 10.8. The molecule has 0 aliphatic rings. The van der Waals surface area contributed by atoms with Crippen LogP contribution in [0.3, 0.4) is 0 Å². The lowest BCUT2D eigenvalue weighted by atomic mass is 10.2. The van der Waals surface area contributed by atoms with Crippen LogP contribution in [-0.2, 0) is 6.42 Å². The molecule has 0 aliphatic heterocycles. The summed E-state index contributed by atoms with van der Waals surface area (Å²) in [5, 5.41) is 0. The molecule has 18 heavy (non-hydrogen) atoms. The van der Waals surface area contributed by atoms with Crippen molar-refractivity contribution in [2.24, 2.45) is 0 Å². The first-order valence-electron chi connectivity index (χ1n) is 6.99. The first kappa shape index (κ1) is 16.0. The molecule has 0 spiro atoms. The van der Waals surface area contributed by atoms with Crippen LogP contribution >= 0.6 is 23.5 Å². The molecule has 0 N–H and O–H groups in total. The highest BCUT2D eigenvalue weighted by atomic mass is 32.2. The first-order chi connectivity index (χ1) is 8.80. The smallest absolute Gasteiger partial charge is 0.00858 e. The number of hydrogen-bond donors (Lipinski definition) is 0. The molecule has 0 nitrogen and oxygen atoms in total. The van der Waals surface area contributed by atoms with Crippen LogP contribution in [-0.4, -0.2) is 11.5 Å². The van der Waals surface area contributed by atoms with Crippen molar-refractivity contribution in [3.8, 4) is 0 Å². The Morgan fingerprint density at radius 1 is 0.889 bits per heavy atom. The Hall–Kier alpha value is -0.0800. The lowest BCUT2D eigenvalue weighted by Gasteiger charge is -2.08. The van der Waals surface area contributed by atoms with Gasteiger partial charge in [0, 0.05) is 9.79 Å². The molecule has 101 valence electrons. The van der Waals surface area contributed by atoms with Crippen molar-refractivity contribution in [1.82, 2.24) is 0 Å². The molecule has 0 aliphatic carbocycles. The summed E-state index contributed by atoms with van der Waals surface area (Å²) in [5.41, 5.74) is 1.37. The van der Waals surface area contributed by atoms with Gasteiger partial charge in [0.25, 0.3) is 0 Å². The molecule has 0 saturated heterocycles. The molecule has 1 aromatic rings. The monoisotopic (exact) mass is 281 g/mol. The Bertz CT molecular complexity index is 306. The summed E-state index contributed by atoms with van der Waals surface area (Å²) in [7, 11) is 0. The van der Waals surface area contributed by atoms with Crippen LogP contribution in [0, 0.1) is 6.92 Å². The molecular weight excluding hydrogens is 256 g/mol. The van der Waals surface area contributed by atoms with Crippen molar-refractivity contribution in [2.45, 2.75) is 55.7 Å². The molecule has 1 rings (SSSR count). The van der Waals surface area contributed by atoms with E-state index in [2.05, 4.69) is 39.0 Å². The number of thioether (sulfide) groups is 2. The zero-order valence-electron chi connectivity index (χ0n) is 11.7. The molecule has 1 radical (unpaired) electrons. The van der Waals surface area contributed by atoms with Crippen LogP contribution in [0.1, 0.15) is 45.1 Å². The largest absolute Gasteiger partial charge is 0.126 e. The molecule has 2 heteroatoms. The molecule has 0 heterocycles. The second kappa shape index (κ2) is 9.80. The third-order valence-corrected chi connectivity index (χ3v) is 4.89. The van der Waals surface area contributed by atoms with E-state index in [1.165, 1.54) is 52.5 Å². The van der Waals surface area contributed by atoms with Gasteiger partial charge in [-0.3, -0.25) is 0 Å². The van der Waals surface area contributed by atoms with Gasteiger partial charge in [-0.25, -0.2) is 0 Å². The zero-order valence-corrected chi connectivity index (χ0v) is 13.3. The molecule has 0 bridgehead atoms. The number of unbranched alkanes of at least 4 members (excludes halogenated alkanes) is 2. The van der Waals surface area contributed by atoms with Gasteiger partial charge in [0.2, 0.25) is 0 Å². The third kappa shape index (κ3) is 6.19. The minimum Gasteiger partial charge on any atom is -0.126 e. The van der Waals surface area contributed by atoms with Crippen molar-refractivity contribution in [2.75, 3.05) is 11.5 Å². The van der Waals surface area contributed by atoms with Gasteiger partial charge >= 0.3 is 0 Å². The van der Waals surface area contributed by atoms with Gasteiger partial charge in [-0.05, 0) is 61.5 Å². The highest BCUT2D eigenvalue weighted by Crippen LogP contribution is 2.28.